The molecule has 0 saturated carbocycles. The van der Waals surface area contributed by atoms with Crippen molar-refractivity contribution in [3.63, 3.8) is 0 Å². The number of hydrogen-bond donors (Lipinski definition) is 0. The number of benzene rings is 2. The van der Waals surface area contributed by atoms with E-state index in [0.717, 1.165) is 5.56 Å². The highest BCUT2D eigenvalue weighted by atomic mass is 35.5. The SMILES string of the molecule is COc1ccc(OC)c(C(=O)/C=C/c2ccc(COc3c(C)cccc3Cl)o2)c1. The van der Waals surface area contributed by atoms with Crippen LogP contribution in [-0.2, 0) is 6.61 Å². The molecule has 0 N–H and O–H groups in total. The van der Waals surface area contributed by atoms with E-state index in [-0.39, 0.29) is 12.4 Å². The van der Waals surface area contributed by atoms with Crippen LogP contribution in [0.15, 0.2) is 59.0 Å². The fourth-order valence-corrected chi connectivity index (χ4v) is 3.03. The molecule has 0 spiro atoms. The Balaban J connectivity index is 1.68. The van der Waals surface area contributed by atoms with Crippen LogP contribution in [0.3, 0.4) is 0 Å². The van der Waals surface area contributed by atoms with Crippen LogP contribution >= 0.6 is 11.6 Å². The van der Waals surface area contributed by atoms with Crippen LogP contribution in [-0.4, -0.2) is 20.0 Å². The smallest absolute Gasteiger partial charge is 0.189 e. The van der Waals surface area contributed by atoms with E-state index in [1.807, 2.05) is 19.1 Å². The standard InChI is InChI=1S/C23H21ClO5/c1-15-5-4-6-20(24)23(15)28-14-18-8-7-16(29-18)9-11-21(25)19-13-17(26-2)10-12-22(19)27-3/h4-13H,14H2,1-3H3/b11-9+. The van der Waals surface area contributed by atoms with Crippen molar-refractivity contribution in [3.8, 4) is 17.2 Å². The van der Waals surface area contributed by atoms with Crippen molar-refractivity contribution in [2.75, 3.05) is 14.2 Å². The third kappa shape index (κ3) is 5.00. The number of rotatable bonds is 8. The Bertz CT molecular complexity index is 1020. The number of hydrogen-bond acceptors (Lipinski definition) is 5. The Morgan fingerprint density at radius 2 is 1.93 bits per heavy atom. The zero-order chi connectivity index (χ0) is 20.8. The number of methoxy groups -OCH3 is 2. The maximum atomic E-state index is 12.6. The second kappa shape index (κ2) is 9.34. The molecule has 1 heterocycles. The maximum absolute atomic E-state index is 12.6. The molecule has 2 aromatic carbocycles. The van der Waals surface area contributed by atoms with Gasteiger partial charge in [0.1, 0.15) is 35.4 Å². The average molecular weight is 413 g/mol. The molecule has 0 atom stereocenters. The first-order valence-electron chi connectivity index (χ1n) is 8.93. The Morgan fingerprint density at radius 1 is 1.10 bits per heavy atom. The molecule has 6 heteroatoms. The summed E-state index contributed by atoms with van der Waals surface area (Å²) >= 11 is 6.17. The minimum atomic E-state index is -0.221. The number of ketones is 1. The van der Waals surface area contributed by atoms with E-state index in [4.69, 9.17) is 30.2 Å². The Hall–Kier alpha value is -3.18. The number of furan rings is 1. The highest BCUT2D eigenvalue weighted by Gasteiger charge is 2.12. The summed E-state index contributed by atoms with van der Waals surface area (Å²) in [5, 5.41) is 0.550. The summed E-state index contributed by atoms with van der Waals surface area (Å²) in [6.45, 7) is 2.16. The Morgan fingerprint density at radius 3 is 2.66 bits per heavy atom. The van der Waals surface area contributed by atoms with E-state index in [0.29, 0.717) is 39.4 Å². The predicted octanol–water partition coefficient (Wildman–Crippen LogP) is 5.73. The number of allylic oxidation sites excluding steroid dienone is 1. The molecule has 0 fully saturated rings. The quantitative estimate of drug-likeness (QED) is 0.349. The van der Waals surface area contributed by atoms with Gasteiger partial charge in [-0.2, -0.15) is 0 Å². The third-order valence-electron chi connectivity index (χ3n) is 4.28. The molecular formula is C23H21ClO5. The van der Waals surface area contributed by atoms with E-state index >= 15 is 0 Å². The van der Waals surface area contributed by atoms with Gasteiger partial charge in [-0.1, -0.05) is 23.7 Å². The van der Waals surface area contributed by atoms with Gasteiger partial charge in [-0.15, -0.1) is 0 Å². The van der Waals surface area contributed by atoms with Crippen LogP contribution in [0.1, 0.15) is 27.4 Å². The lowest BCUT2D eigenvalue weighted by Gasteiger charge is -2.09. The Labute approximate surface area is 174 Å². The van der Waals surface area contributed by atoms with Gasteiger partial charge >= 0.3 is 0 Å². The van der Waals surface area contributed by atoms with E-state index in [9.17, 15) is 4.79 Å². The van der Waals surface area contributed by atoms with Gasteiger partial charge in [0, 0.05) is 0 Å². The number of para-hydroxylation sites is 1. The summed E-state index contributed by atoms with van der Waals surface area (Å²) in [5.41, 5.74) is 1.36. The molecule has 0 aliphatic carbocycles. The molecule has 0 aliphatic heterocycles. The molecular weight excluding hydrogens is 392 g/mol. The summed E-state index contributed by atoms with van der Waals surface area (Å²) in [4.78, 5) is 12.6. The van der Waals surface area contributed by atoms with Gasteiger partial charge in [0.25, 0.3) is 0 Å². The van der Waals surface area contributed by atoms with Crippen molar-refractivity contribution in [1.29, 1.82) is 0 Å². The number of aryl methyl sites for hydroxylation is 1. The lowest BCUT2D eigenvalue weighted by Crippen LogP contribution is -1.99. The highest BCUT2D eigenvalue weighted by Crippen LogP contribution is 2.29. The van der Waals surface area contributed by atoms with Crippen molar-refractivity contribution in [3.05, 3.63) is 82.3 Å². The van der Waals surface area contributed by atoms with Crippen LogP contribution in [0.5, 0.6) is 17.2 Å². The molecule has 0 unspecified atom stereocenters. The zero-order valence-electron chi connectivity index (χ0n) is 16.4. The van der Waals surface area contributed by atoms with Crippen LogP contribution in [0, 0.1) is 6.92 Å². The van der Waals surface area contributed by atoms with Gasteiger partial charge in [-0.25, -0.2) is 0 Å². The van der Waals surface area contributed by atoms with Gasteiger partial charge < -0.3 is 18.6 Å². The van der Waals surface area contributed by atoms with Crippen LogP contribution in [0.4, 0.5) is 0 Å². The molecule has 3 rings (SSSR count). The molecule has 0 amide bonds. The zero-order valence-corrected chi connectivity index (χ0v) is 17.2. The van der Waals surface area contributed by atoms with E-state index in [1.165, 1.54) is 13.2 Å². The van der Waals surface area contributed by atoms with E-state index < -0.39 is 0 Å². The van der Waals surface area contributed by atoms with Gasteiger partial charge in [-0.3, -0.25) is 4.79 Å². The molecule has 0 bridgehead atoms. The molecule has 29 heavy (non-hydrogen) atoms. The fraction of sp³-hybridized carbons (Fsp3) is 0.174. The summed E-state index contributed by atoms with van der Waals surface area (Å²) in [5.74, 6) is 2.62. The van der Waals surface area contributed by atoms with Crippen molar-refractivity contribution >= 4 is 23.5 Å². The summed E-state index contributed by atoms with van der Waals surface area (Å²) in [6.07, 6.45) is 3.03. The number of halogens is 1. The predicted molar refractivity (Wildman–Crippen MR) is 112 cm³/mol. The fourth-order valence-electron chi connectivity index (χ4n) is 2.76. The first kappa shape index (κ1) is 20.6. The lowest BCUT2D eigenvalue weighted by molar-refractivity contribution is 0.104. The highest BCUT2D eigenvalue weighted by molar-refractivity contribution is 6.32. The number of ether oxygens (including phenoxy) is 3. The van der Waals surface area contributed by atoms with Gasteiger partial charge in [0.05, 0.1) is 24.8 Å². The molecule has 1 aromatic heterocycles. The van der Waals surface area contributed by atoms with Crippen LogP contribution in [0.25, 0.3) is 6.08 Å². The normalized spacial score (nSPS) is 10.9. The summed E-state index contributed by atoms with van der Waals surface area (Å²) in [7, 11) is 3.06. The van der Waals surface area contributed by atoms with E-state index in [2.05, 4.69) is 0 Å². The Kier molecular flexibility index (Phi) is 6.62. The summed E-state index contributed by atoms with van der Waals surface area (Å²) in [6, 6.07) is 14.2. The lowest BCUT2D eigenvalue weighted by atomic mass is 10.1. The average Bonchev–Trinajstić information content (AvgIpc) is 3.19. The van der Waals surface area contributed by atoms with E-state index in [1.54, 1.807) is 49.6 Å². The number of carbonyl (C=O) groups is 1. The largest absolute Gasteiger partial charge is 0.497 e. The monoisotopic (exact) mass is 412 g/mol. The van der Waals surface area contributed by atoms with Crippen molar-refractivity contribution in [2.24, 2.45) is 0 Å². The third-order valence-corrected chi connectivity index (χ3v) is 4.57. The first-order valence-corrected chi connectivity index (χ1v) is 9.30. The summed E-state index contributed by atoms with van der Waals surface area (Å²) < 4.78 is 21.9. The van der Waals surface area contributed by atoms with Crippen LogP contribution < -0.4 is 14.2 Å². The van der Waals surface area contributed by atoms with Gasteiger partial charge in [0.2, 0.25) is 0 Å². The van der Waals surface area contributed by atoms with Crippen molar-refractivity contribution in [1.82, 2.24) is 0 Å². The molecule has 5 nitrogen and oxygen atoms in total. The molecule has 0 aliphatic rings. The second-order valence-electron chi connectivity index (χ2n) is 6.24. The second-order valence-corrected chi connectivity index (χ2v) is 6.65. The van der Waals surface area contributed by atoms with Crippen molar-refractivity contribution in [2.45, 2.75) is 13.5 Å². The van der Waals surface area contributed by atoms with Gasteiger partial charge in [-0.05, 0) is 61.0 Å². The minimum Gasteiger partial charge on any atom is -0.497 e. The molecule has 3 aromatic rings. The molecule has 150 valence electrons. The topological polar surface area (TPSA) is 57.9 Å². The maximum Gasteiger partial charge on any atom is 0.189 e. The minimum absolute atomic E-state index is 0.221. The number of carbonyl (C=O) groups excluding carboxylic acids is 1. The van der Waals surface area contributed by atoms with Crippen molar-refractivity contribution < 1.29 is 23.4 Å². The van der Waals surface area contributed by atoms with Gasteiger partial charge in [0.15, 0.2) is 5.78 Å². The van der Waals surface area contributed by atoms with Crippen LogP contribution in [0.2, 0.25) is 5.02 Å². The first-order chi connectivity index (χ1) is 14.0. The molecule has 0 saturated heterocycles. The molecule has 0 radical (unpaired) electrons.